The standard InChI is InChI=1S/C19H18O2S/c1-2-3-12-21-15-10-8-14(9-11-15)13-18-19(20)16-6-4-5-7-17(16)22-18/h4-11,13H,2-3,12H2,1H3. The average molecular weight is 310 g/mol. The third-order valence-electron chi connectivity index (χ3n) is 3.52. The van der Waals surface area contributed by atoms with Gasteiger partial charge in [0.05, 0.1) is 11.5 Å². The van der Waals surface area contributed by atoms with Crippen LogP contribution in [0.15, 0.2) is 58.3 Å². The highest BCUT2D eigenvalue weighted by atomic mass is 32.2. The summed E-state index contributed by atoms with van der Waals surface area (Å²) < 4.78 is 5.65. The molecule has 0 bridgehead atoms. The van der Waals surface area contributed by atoms with Gasteiger partial charge in [-0.1, -0.05) is 49.4 Å². The van der Waals surface area contributed by atoms with E-state index in [2.05, 4.69) is 6.92 Å². The van der Waals surface area contributed by atoms with Gasteiger partial charge in [0, 0.05) is 10.5 Å². The Morgan fingerprint density at radius 1 is 1.09 bits per heavy atom. The van der Waals surface area contributed by atoms with E-state index in [4.69, 9.17) is 4.74 Å². The van der Waals surface area contributed by atoms with Crippen LogP contribution in [0, 0.1) is 0 Å². The number of rotatable bonds is 5. The van der Waals surface area contributed by atoms with Crippen LogP contribution in [0.3, 0.4) is 0 Å². The number of benzene rings is 2. The minimum absolute atomic E-state index is 0.115. The second-order valence-corrected chi connectivity index (χ2v) is 6.29. The number of hydrogen-bond acceptors (Lipinski definition) is 3. The number of ketones is 1. The first-order valence-electron chi connectivity index (χ1n) is 7.54. The van der Waals surface area contributed by atoms with E-state index in [1.165, 1.54) is 0 Å². The Bertz CT molecular complexity index is 702. The fraction of sp³-hybridized carbons (Fsp3) is 0.211. The molecule has 0 aromatic heterocycles. The normalized spacial score (nSPS) is 15.1. The summed E-state index contributed by atoms with van der Waals surface area (Å²) in [5, 5.41) is 0. The van der Waals surface area contributed by atoms with Gasteiger partial charge in [0.25, 0.3) is 0 Å². The largest absolute Gasteiger partial charge is 0.494 e. The number of carbonyl (C=O) groups is 1. The lowest BCUT2D eigenvalue weighted by atomic mass is 10.1. The van der Waals surface area contributed by atoms with Crippen LogP contribution in [0.5, 0.6) is 5.75 Å². The molecule has 0 aliphatic carbocycles. The van der Waals surface area contributed by atoms with E-state index in [-0.39, 0.29) is 5.78 Å². The fourth-order valence-electron chi connectivity index (χ4n) is 2.28. The molecular formula is C19H18O2S. The predicted molar refractivity (Wildman–Crippen MR) is 91.5 cm³/mol. The maximum Gasteiger partial charge on any atom is 0.200 e. The first kappa shape index (κ1) is 14.9. The van der Waals surface area contributed by atoms with Crippen LogP contribution < -0.4 is 4.74 Å². The lowest BCUT2D eigenvalue weighted by Crippen LogP contribution is -1.96. The molecule has 2 aromatic rings. The van der Waals surface area contributed by atoms with Crippen molar-refractivity contribution in [1.82, 2.24) is 0 Å². The minimum Gasteiger partial charge on any atom is -0.494 e. The molecule has 0 atom stereocenters. The Kier molecular flexibility index (Phi) is 4.64. The summed E-state index contributed by atoms with van der Waals surface area (Å²) in [7, 11) is 0. The van der Waals surface area contributed by atoms with Gasteiger partial charge in [0.2, 0.25) is 5.78 Å². The monoisotopic (exact) mass is 310 g/mol. The van der Waals surface area contributed by atoms with Crippen molar-refractivity contribution in [1.29, 1.82) is 0 Å². The van der Waals surface area contributed by atoms with Crippen LogP contribution in [0.4, 0.5) is 0 Å². The Balaban J connectivity index is 1.72. The van der Waals surface area contributed by atoms with Gasteiger partial charge in [-0.2, -0.15) is 0 Å². The van der Waals surface area contributed by atoms with E-state index in [0.717, 1.165) is 46.1 Å². The number of fused-ring (bicyclic) bond motifs is 1. The molecule has 0 fully saturated rings. The second-order valence-electron chi connectivity index (χ2n) is 5.21. The third-order valence-corrected chi connectivity index (χ3v) is 4.62. The zero-order valence-electron chi connectivity index (χ0n) is 12.5. The van der Waals surface area contributed by atoms with E-state index in [9.17, 15) is 4.79 Å². The maximum absolute atomic E-state index is 12.3. The number of Topliss-reactive ketones (excluding diaryl/α,β-unsaturated/α-hetero) is 1. The molecule has 0 spiro atoms. The van der Waals surface area contributed by atoms with Gasteiger partial charge in [0.15, 0.2) is 0 Å². The highest BCUT2D eigenvalue weighted by Crippen LogP contribution is 2.40. The zero-order chi connectivity index (χ0) is 15.4. The van der Waals surface area contributed by atoms with Crippen LogP contribution in [0.1, 0.15) is 35.7 Å². The number of unbranched alkanes of at least 4 members (excludes halogenated alkanes) is 1. The molecule has 0 saturated carbocycles. The van der Waals surface area contributed by atoms with Crippen LogP contribution >= 0.6 is 11.8 Å². The van der Waals surface area contributed by atoms with Crippen molar-refractivity contribution in [2.75, 3.05) is 6.61 Å². The molecule has 0 N–H and O–H groups in total. The van der Waals surface area contributed by atoms with Gasteiger partial charge in [-0.15, -0.1) is 0 Å². The molecule has 1 aliphatic rings. The molecule has 3 heteroatoms. The summed E-state index contributed by atoms with van der Waals surface area (Å²) >= 11 is 1.54. The van der Waals surface area contributed by atoms with Crippen molar-refractivity contribution in [2.24, 2.45) is 0 Å². The second kappa shape index (κ2) is 6.84. The van der Waals surface area contributed by atoms with Crippen molar-refractivity contribution >= 4 is 23.6 Å². The smallest absolute Gasteiger partial charge is 0.200 e. The van der Waals surface area contributed by atoms with E-state index in [1.54, 1.807) is 11.8 Å². The van der Waals surface area contributed by atoms with Gasteiger partial charge < -0.3 is 4.74 Å². The van der Waals surface area contributed by atoms with Crippen LogP contribution in [-0.4, -0.2) is 12.4 Å². The molecule has 112 valence electrons. The van der Waals surface area contributed by atoms with E-state index in [0.29, 0.717) is 0 Å². The van der Waals surface area contributed by atoms with Crippen LogP contribution in [0.2, 0.25) is 0 Å². The number of ether oxygens (including phenoxy) is 1. The Morgan fingerprint density at radius 2 is 1.86 bits per heavy atom. The summed E-state index contributed by atoms with van der Waals surface area (Å²) in [5.74, 6) is 0.994. The quantitative estimate of drug-likeness (QED) is 0.561. The van der Waals surface area contributed by atoms with Gasteiger partial charge in [-0.05, 0) is 42.3 Å². The molecule has 0 saturated heterocycles. The number of allylic oxidation sites excluding steroid dienone is 1. The van der Waals surface area contributed by atoms with E-state index < -0.39 is 0 Å². The molecular weight excluding hydrogens is 292 g/mol. The van der Waals surface area contributed by atoms with Crippen LogP contribution in [0.25, 0.3) is 6.08 Å². The van der Waals surface area contributed by atoms with Crippen molar-refractivity contribution in [3.05, 3.63) is 64.6 Å². The molecule has 1 aliphatic heterocycles. The number of thioether (sulfide) groups is 1. The van der Waals surface area contributed by atoms with Gasteiger partial charge >= 0.3 is 0 Å². The van der Waals surface area contributed by atoms with E-state index >= 15 is 0 Å². The highest BCUT2D eigenvalue weighted by molar-refractivity contribution is 8.04. The third kappa shape index (κ3) is 3.25. The fourth-order valence-corrected chi connectivity index (χ4v) is 3.33. The summed E-state index contributed by atoms with van der Waals surface area (Å²) in [6.07, 6.45) is 4.14. The van der Waals surface area contributed by atoms with Crippen molar-refractivity contribution in [2.45, 2.75) is 24.7 Å². The van der Waals surface area contributed by atoms with Crippen molar-refractivity contribution in [3.63, 3.8) is 0 Å². The SMILES string of the molecule is CCCCOc1ccc(C=C2Sc3ccccc3C2=O)cc1. The maximum atomic E-state index is 12.3. The van der Waals surface area contributed by atoms with E-state index in [1.807, 2.05) is 54.6 Å². The van der Waals surface area contributed by atoms with Crippen LogP contribution in [-0.2, 0) is 0 Å². The van der Waals surface area contributed by atoms with Gasteiger partial charge in [-0.3, -0.25) is 4.79 Å². The number of hydrogen-bond donors (Lipinski definition) is 0. The molecule has 2 nitrogen and oxygen atoms in total. The van der Waals surface area contributed by atoms with Gasteiger partial charge in [-0.25, -0.2) is 0 Å². The molecule has 22 heavy (non-hydrogen) atoms. The minimum atomic E-state index is 0.115. The molecule has 0 amide bonds. The lowest BCUT2D eigenvalue weighted by molar-refractivity contribution is 0.104. The zero-order valence-corrected chi connectivity index (χ0v) is 13.4. The summed E-state index contributed by atoms with van der Waals surface area (Å²) in [6, 6.07) is 15.6. The molecule has 1 heterocycles. The first-order valence-corrected chi connectivity index (χ1v) is 8.35. The highest BCUT2D eigenvalue weighted by Gasteiger charge is 2.24. The summed E-state index contributed by atoms with van der Waals surface area (Å²) in [6.45, 7) is 2.90. The Hall–Kier alpha value is -2.00. The Labute approximate surface area is 135 Å². The average Bonchev–Trinajstić information content (AvgIpc) is 2.86. The Morgan fingerprint density at radius 3 is 2.59 bits per heavy atom. The van der Waals surface area contributed by atoms with Crippen molar-refractivity contribution < 1.29 is 9.53 Å². The first-order chi connectivity index (χ1) is 10.8. The number of carbonyl (C=O) groups excluding carboxylic acids is 1. The molecule has 0 radical (unpaired) electrons. The molecule has 3 rings (SSSR count). The van der Waals surface area contributed by atoms with Gasteiger partial charge in [0.1, 0.15) is 5.75 Å². The topological polar surface area (TPSA) is 26.3 Å². The van der Waals surface area contributed by atoms with Crippen molar-refractivity contribution in [3.8, 4) is 5.75 Å². The summed E-state index contributed by atoms with van der Waals surface area (Å²) in [5.41, 5.74) is 1.82. The summed E-state index contributed by atoms with van der Waals surface area (Å²) in [4.78, 5) is 14.1. The lowest BCUT2D eigenvalue weighted by Gasteiger charge is -2.05. The molecule has 0 unspecified atom stereocenters. The predicted octanol–water partition coefficient (Wildman–Crippen LogP) is 5.20. The molecule has 2 aromatic carbocycles.